The fraction of sp³-hybridized carbons (Fsp3) is 0.227. The second-order valence-corrected chi connectivity index (χ2v) is 7.38. The highest BCUT2D eigenvalue weighted by Gasteiger charge is 2.39. The quantitative estimate of drug-likeness (QED) is 0.707. The molecule has 8 heteroatoms. The minimum atomic E-state index is -1.07. The fourth-order valence-electron chi connectivity index (χ4n) is 3.13. The maximum atomic E-state index is 13.6. The predicted octanol–water partition coefficient (Wildman–Crippen LogP) is 3.77. The van der Waals surface area contributed by atoms with Crippen LogP contribution in [0.1, 0.15) is 26.3 Å². The number of nitrogens with zero attached hydrogens (tertiary/aromatic N) is 1. The van der Waals surface area contributed by atoms with Crippen LogP contribution in [0.15, 0.2) is 48.2 Å². The molecule has 0 fully saturated rings. The van der Waals surface area contributed by atoms with Crippen molar-refractivity contribution in [3.63, 3.8) is 0 Å². The number of carbonyl (C=O) groups is 3. The summed E-state index contributed by atoms with van der Waals surface area (Å²) in [5.74, 6) is -3.30. The topological polar surface area (TPSA) is 78.5 Å². The summed E-state index contributed by atoms with van der Waals surface area (Å²) in [6, 6.07) is 9.58. The van der Waals surface area contributed by atoms with Crippen molar-refractivity contribution in [1.82, 2.24) is 4.90 Å². The van der Waals surface area contributed by atoms with E-state index in [0.717, 1.165) is 17.0 Å². The molecule has 0 bridgehead atoms. The Kier molecular flexibility index (Phi) is 5.96. The Labute approximate surface area is 172 Å². The van der Waals surface area contributed by atoms with Crippen molar-refractivity contribution in [2.75, 3.05) is 17.2 Å². The van der Waals surface area contributed by atoms with E-state index in [0.29, 0.717) is 11.3 Å². The molecule has 0 radical (unpaired) electrons. The summed E-state index contributed by atoms with van der Waals surface area (Å²) in [4.78, 5) is 38.3. The Morgan fingerprint density at radius 2 is 1.60 bits per heavy atom. The summed E-state index contributed by atoms with van der Waals surface area (Å²) in [7, 11) is 0. The van der Waals surface area contributed by atoms with Crippen molar-refractivity contribution in [2.24, 2.45) is 5.92 Å². The van der Waals surface area contributed by atoms with Crippen LogP contribution in [-0.4, -0.2) is 29.2 Å². The van der Waals surface area contributed by atoms with Gasteiger partial charge in [0, 0.05) is 30.9 Å². The second kappa shape index (κ2) is 8.44. The first-order chi connectivity index (χ1) is 14.2. The Bertz CT molecular complexity index is 1050. The minimum absolute atomic E-state index is 0.0149. The van der Waals surface area contributed by atoms with E-state index < -0.39 is 23.4 Å². The van der Waals surface area contributed by atoms with Crippen molar-refractivity contribution in [3.05, 3.63) is 65.4 Å². The minimum Gasteiger partial charge on any atom is -0.350 e. The first-order valence-electron chi connectivity index (χ1n) is 9.38. The molecule has 0 aromatic heterocycles. The summed E-state index contributed by atoms with van der Waals surface area (Å²) in [6.07, 6.45) is 0. The Balaban J connectivity index is 2.03. The molecule has 3 rings (SSSR count). The maximum absolute atomic E-state index is 13.6. The third-order valence-electron chi connectivity index (χ3n) is 4.40. The Morgan fingerprint density at radius 3 is 2.17 bits per heavy atom. The van der Waals surface area contributed by atoms with E-state index >= 15 is 0 Å². The molecule has 0 saturated carbocycles. The normalized spacial score (nSPS) is 14.0. The fourth-order valence-corrected chi connectivity index (χ4v) is 3.13. The van der Waals surface area contributed by atoms with Crippen molar-refractivity contribution >= 4 is 34.7 Å². The van der Waals surface area contributed by atoms with Gasteiger partial charge in [-0.2, -0.15) is 0 Å². The van der Waals surface area contributed by atoms with E-state index in [1.165, 1.54) is 13.0 Å². The zero-order chi connectivity index (χ0) is 22.0. The Morgan fingerprint density at radius 1 is 0.967 bits per heavy atom. The number of nitrogens with one attached hydrogen (secondary N) is 2. The average molecular weight is 413 g/mol. The zero-order valence-corrected chi connectivity index (χ0v) is 16.8. The van der Waals surface area contributed by atoms with E-state index in [2.05, 4.69) is 10.6 Å². The van der Waals surface area contributed by atoms with Gasteiger partial charge in [-0.3, -0.25) is 19.3 Å². The highest BCUT2D eigenvalue weighted by Crippen LogP contribution is 2.32. The largest absolute Gasteiger partial charge is 0.350 e. The van der Waals surface area contributed by atoms with Gasteiger partial charge in [0.2, 0.25) is 5.91 Å². The molecule has 30 heavy (non-hydrogen) atoms. The summed E-state index contributed by atoms with van der Waals surface area (Å²) in [5, 5.41) is 5.41. The summed E-state index contributed by atoms with van der Waals surface area (Å²) >= 11 is 0. The summed E-state index contributed by atoms with van der Waals surface area (Å²) < 4.78 is 26.9. The number of benzene rings is 2. The van der Waals surface area contributed by atoms with Crippen molar-refractivity contribution in [3.8, 4) is 0 Å². The van der Waals surface area contributed by atoms with Gasteiger partial charge in [0.1, 0.15) is 5.70 Å². The van der Waals surface area contributed by atoms with Gasteiger partial charge in [0.15, 0.2) is 11.6 Å². The molecule has 3 amide bonds. The van der Waals surface area contributed by atoms with Crippen LogP contribution in [0.25, 0.3) is 5.57 Å². The number of amides is 3. The number of carbonyl (C=O) groups excluding carboxylic acids is 3. The van der Waals surface area contributed by atoms with Crippen LogP contribution in [0, 0.1) is 17.6 Å². The molecule has 0 unspecified atom stereocenters. The lowest BCUT2D eigenvalue weighted by molar-refractivity contribution is -0.137. The van der Waals surface area contributed by atoms with E-state index in [1.807, 2.05) is 13.8 Å². The third kappa shape index (κ3) is 4.37. The Hall–Kier alpha value is -3.55. The number of anilines is 2. The van der Waals surface area contributed by atoms with E-state index in [9.17, 15) is 23.2 Å². The molecule has 2 aromatic rings. The SMILES string of the molecule is CC(=O)Nc1ccc(C2=C(Nc3ccc(F)c(F)c3)C(=O)N(CC(C)C)C2=O)cc1. The lowest BCUT2D eigenvalue weighted by atomic mass is 10.0. The van der Waals surface area contributed by atoms with Crippen LogP contribution in [0.2, 0.25) is 0 Å². The van der Waals surface area contributed by atoms with E-state index in [1.54, 1.807) is 24.3 Å². The number of rotatable bonds is 6. The van der Waals surface area contributed by atoms with Crippen molar-refractivity contribution in [2.45, 2.75) is 20.8 Å². The van der Waals surface area contributed by atoms with Gasteiger partial charge in [0.25, 0.3) is 11.8 Å². The van der Waals surface area contributed by atoms with Crippen LogP contribution in [0.5, 0.6) is 0 Å². The van der Waals surface area contributed by atoms with Crippen LogP contribution in [0.3, 0.4) is 0 Å². The molecule has 0 aliphatic carbocycles. The monoisotopic (exact) mass is 413 g/mol. The number of imide groups is 1. The van der Waals surface area contributed by atoms with Crippen LogP contribution in [0.4, 0.5) is 20.2 Å². The second-order valence-electron chi connectivity index (χ2n) is 7.38. The zero-order valence-electron chi connectivity index (χ0n) is 16.8. The lowest BCUT2D eigenvalue weighted by Crippen LogP contribution is -2.35. The average Bonchev–Trinajstić information content (AvgIpc) is 2.89. The molecular weight excluding hydrogens is 392 g/mol. The van der Waals surface area contributed by atoms with Crippen molar-refractivity contribution < 1.29 is 23.2 Å². The molecule has 0 atom stereocenters. The molecule has 1 heterocycles. The highest BCUT2D eigenvalue weighted by molar-refractivity contribution is 6.36. The molecule has 2 N–H and O–H groups in total. The highest BCUT2D eigenvalue weighted by atomic mass is 19.2. The third-order valence-corrected chi connectivity index (χ3v) is 4.40. The van der Waals surface area contributed by atoms with E-state index in [-0.39, 0.29) is 35.3 Å². The lowest BCUT2D eigenvalue weighted by Gasteiger charge is -2.17. The molecular formula is C22H21F2N3O3. The number of hydrogen-bond donors (Lipinski definition) is 2. The molecule has 2 aromatic carbocycles. The first-order valence-corrected chi connectivity index (χ1v) is 9.38. The summed E-state index contributed by atoms with van der Waals surface area (Å²) in [5.41, 5.74) is 1.25. The summed E-state index contributed by atoms with van der Waals surface area (Å²) in [6.45, 7) is 5.35. The predicted molar refractivity (Wildman–Crippen MR) is 109 cm³/mol. The molecule has 0 spiro atoms. The molecule has 1 aliphatic rings. The standard InChI is InChI=1S/C22H21F2N3O3/c1-12(2)11-27-21(29)19(14-4-6-15(7-5-14)25-13(3)28)20(22(27)30)26-16-8-9-17(23)18(24)10-16/h4-10,12,26H,11H2,1-3H3,(H,25,28). The van der Waals surface area contributed by atoms with Gasteiger partial charge in [-0.05, 0) is 35.7 Å². The van der Waals surface area contributed by atoms with Gasteiger partial charge >= 0.3 is 0 Å². The van der Waals surface area contributed by atoms with E-state index in [4.69, 9.17) is 0 Å². The smallest absolute Gasteiger partial charge is 0.278 e. The van der Waals surface area contributed by atoms with Gasteiger partial charge in [-0.25, -0.2) is 8.78 Å². The van der Waals surface area contributed by atoms with Gasteiger partial charge < -0.3 is 10.6 Å². The molecule has 1 aliphatic heterocycles. The number of halogens is 2. The molecule has 0 saturated heterocycles. The van der Waals surface area contributed by atoms with Crippen molar-refractivity contribution in [1.29, 1.82) is 0 Å². The van der Waals surface area contributed by atoms with Gasteiger partial charge in [-0.15, -0.1) is 0 Å². The van der Waals surface area contributed by atoms with Crippen LogP contribution >= 0.6 is 0 Å². The first kappa shape index (κ1) is 21.2. The number of hydrogen-bond acceptors (Lipinski definition) is 4. The molecule has 6 nitrogen and oxygen atoms in total. The van der Waals surface area contributed by atoms with Gasteiger partial charge in [0.05, 0.1) is 5.57 Å². The van der Waals surface area contributed by atoms with Crippen LogP contribution in [-0.2, 0) is 14.4 Å². The maximum Gasteiger partial charge on any atom is 0.278 e. The van der Waals surface area contributed by atoms with Crippen LogP contribution < -0.4 is 10.6 Å². The molecule has 156 valence electrons. The van der Waals surface area contributed by atoms with Gasteiger partial charge in [-0.1, -0.05) is 26.0 Å².